The largest absolute Gasteiger partial charge is 0.494 e. The van der Waals surface area contributed by atoms with Crippen molar-refractivity contribution in [1.29, 1.82) is 0 Å². The molecular weight excluding hydrogens is 423 g/mol. The SMILES string of the molecule is CCC(Nc1nc(NCC2CCCCC2)nc(Oc2ccc(OC)c(F)c2)n1)C1CCCN1. The van der Waals surface area contributed by atoms with Crippen LogP contribution in [0.25, 0.3) is 0 Å². The van der Waals surface area contributed by atoms with Crippen molar-refractivity contribution in [2.24, 2.45) is 5.92 Å². The van der Waals surface area contributed by atoms with Gasteiger partial charge in [-0.1, -0.05) is 26.2 Å². The lowest BCUT2D eigenvalue weighted by Gasteiger charge is -2.24. The minimum absolute atomic E-state index is 0.123. The number of nitrogens with zero attached hydrogens (tertiary/aromatic N) is 3. The zero-order valence-corrected chi connectivity index (χ0v) is 19.6. The lowest BCUT2D eigenvalue weighted by Crippen LogP contribution is -2.40. The molecule has 1 aromatic carbocycles. The lowest BCUT2D eigenvalue weighted by atomic mass is 9.89. The van der Waals surface area contributed by atoms with Gasteiger partial charge in [-0.25, -0.2) is 4.39 Å². The van der Waals surface area contributed by atoms with Gasteiger partial charge >= 0.3 is 6.01 Å². The molecule has 2 fully saturated rings. The molecule has 9 heteroatoms. The van der Waals surface area contributed by atoms with Crippen molar-refractivity contribution >= 4 is 11.9 Å². The van der Waals surface area contributed by atoms with Crippen molar-refractivity contribution in [3.8, 4) is 17.5 Å². The number of anilines is 2. The Hall–Kier alpha value is -2.68. The third-order valence-corrected chi connectivity index (χ3v) is 6.56. The van der Waals surface area contributed by atoms with E-state index in [9.17, 15) is 4.39 Å². The smallest absolute Gasteiger partial charge is 0.328 e. The molecule has 2 aliphatic rings. The van der Waals surface area contributed by atoms with E-state index in [2.05, 4.69) is 37.8 Å². The van der Waals surface area contributed by atoms with Crippen molar-refractivity contribution in [3.63, 3.8) is 0 Å². The van der Waals surface area contributed by atoms with Crippen LogP contribution in [0.5, 0.6) is 17.5 Å². The molecule has 0 radical (unpaired) electrons. The van der Waals surface area contributed by atoms with Crippen molar-refractivity contribution in [1.82, 2.24) is 20.3 Å². The first-order valence-corrected chi connectivity index (χ1v) is 12.2. The first kappa shape index (κ1) is 23.5. The minimum atomic E-state index is -0.503. The summed E-state index contributed by atoms with van der Waals surface area (Å²) in [5.74, 6) is 1.50. The number of hydrogen-bond donors (Lipinski definition) is 3. The Kier molecular flexibility index (Phi) is 8.15. The van der Waals surface area contributed by atoms with E-state index in [0.717, 1.165) is 25.9 Å². The molecule has 2 heterocycles. The standard InChI is InChI=1S/C24H35FN6O2/c1-3-19(20-10-7-13-26-20)28-23-29-22(27-15-16-8-5-4-6-9-16)30-24(31-23)33-17-11-12-21(32-2)18(25)14-17/h11-12,14,16,19-20,26H,3-10,13,15H2,1-2H3,(H2,27,28,29,30,31). The highest BCUT2D eigenvalue weighted by Crippen LogP contribution is 2.27. The maximum atomic E-state index is 14.1. The number of aromatic nitrogens is 3. The van der Waals surface area contributed by atoms with Gasteiger partial charge in [0.15, 0.2) is 11.6 Å². The predicted octanol–water partition coefficient (Wildman–Crippen LogP) is 4.75. The molecule has 1 saturated heterocycles. The maximum Gasteiger partial charge on any atom is 0.328 e. The Morgan fingerprint density at radius 1 is 1.09 bits per heavy atom. The van der Waals surface area contributed by atoms with Crippen LogP contribution in [-0.2, 0) is 0 Å². The van der Waals surface area contributed by atoms with Crippen LogP contribution >= 0.6 is 0 Å². The molecule has 1 saturated carbocycles. The van der Waals surface area contributed by atoms with E-state index in [4.69, 9.17) is 9.47 Å². The number of rotatable bonds is 10. The Morgan fingerprint density at radius 3 is 2.61 bits per heavy atom. The lowest BCUT2D eigenvalue weighted by molar-refractivity contribution is 0.372. The number of hydrogen-bond acceptors (Lipinski definition) is 8. The number of nitrogens with one attached hydrogen (secondary N) is 3. The van der Waals surface area contributed by atoms with E-state index in [1.54, 1.807) is 6.07 Å². The van der Waals surface area contributed by atoms with Crippen LogP contribution in [-0.4, -0.2) is 47.2 Å². The summed E-state index contributed by atoms with van der Waals surface area (Å²) in [4.78, 5) is 13.5. The zero-order valence-electron chi connectivity index (χ0n) is 19.6. The summed E-state index contributed by atoms with van der Waals surface area (Å²) in [6, 6.07) is 5.12. The van der Waals surface area contributed by atoms with Crippen molar-refractivity contribution in [3.05, 3.63) is 24.0 Å². The third kappa shape index (κ3) is 6.43. The molecule has 1 aliphatic carbocycles. The van der Waals surface area contributed by atoms with Gasteiger partial charge in [0.2, 0.25) is 11.9 Å². The molecule has 8 nitrogen and oxygen atoms in total. The van der Waals surface area contributed by atoms with Crippen LogP contribution in [0.15, 0.2) is 18.2 Å². The Bertz CT molecular complexity index is 903. The summed E-state index contributed by atoms with van der Waals surface area (Å²) in [5.41, 5.74) is 0. The van der Waals surface area contributed by atoms with Gasteiger partial charge in [-0.05, 0) is 56.7 Å². The van der Waals surface area contributed by atoms with Gasteiger partial charge in [0, 0.05) is 24.7 Å². The Labute approximate surface area is 195 Å². The number of methoxy groups -OCH3 is 1. The second-order valence-corrected chi connectivity index (χ2v) is 8.91. The van der Waals surface area contributed by atoms with E-state index in [1.165, 1.54) is 57.8 Å². The highest BCUT2D eigenvalue weighted by atomic mass is 19.1. The topological polar surface area (TPSA) is 93.2 Å². The molecule has 1 aromatic heterocycles. The zero-order chi connectivity index (χ0) is 23.0. The van der Waals surface area contributed by atoms with E-state index < -0.39 is 5.82 Å². The normalized spacial score (nSPS) is 19.8. The average molecular weight is 459 g/mol. The van der Waals surface area contributed by atoms with Crippen LogP contribution < -0.4 is 25.4 Å². The van der Waals surface area contributed by atoms with Crippen LogP contribution in [0.2, 0.25) is 0 Å². The highest BCUT2D eigenvalue weighted by Gasteiger charge is 2.24. The summed E-state index contributed by atoms with van der Waals surface area (Å²) in [5, 5.41) is 10.4. The summed E-state index contributed by atoms with van der Waals surface area (Å²) in [6.45, 7) is 4.01. The van der Waals surface area contributed by atoms with Crippen LogP contribution in [0, 0.1) is 11.7 Å². The summed E-state index contributed by atoms with van der Waals surface area (Å²) in [6.07, 6.45) is 9.56. The molecule has 1 aliphatic heterocycles. The van der Waals surface area contributed by atoms with Crippen LogP contribution in [0.1, 0.15) is 58.3 Å². The van der Waals surface area contributed by atoms with Crippen LogP contribution in [0.3, 0.4) is 0 Å². The molecular formula is C24H35FN6O2. The molecule has 33 heavy (non-hydrogen) atoms. The molecule has 0 bridgehead atoms. The van der Waals surface area contributed by atoms with E-state index in [-0.39, 0.29) is 17.8 Å². The predicted molar refractivity (Wildman–Crippen MR) is 127 cm³/mol. The Morgan fingerprint density at radius 2 is 1.91 bits per heavy atom. The number of ether oxygens (including phenoxy) is 2. The summed E-state index contributed by atoms with van der Waals surface area (Å²) >= 11 is 0. The second-order valence-electron chi connectivity index (χ2n) is 8.91. The molecule has 180 valence electrons. The minimum Gasteiger partial charge on any atom is -0.494 e. The fourth-order valence-electron chi connectivity index (χ4n) is 4.70. The fourth-order valence-corrected chi connectivity index (χ4v) is 4.70. The van der Waals surface area contributed by atoms with Gasteiger partial charge in [0.1, 0.15) is 5.75 Å². The summed E-state index contributed by atoms with van der Waals surface area (Å²) < 4.78 is 24.9. The van der Waals surface area contributed by atoms with Gasteiger partial charge < -0.3 is 25.4 Å². The van der Waals surface area contributed by atoms with Crippen molar-refractivity contribution in [2.45, 2.75) is 70.4 Å². The highest BCUT2D eigenvalue weighted by molar-refractivity contribution is 5.39. The fraction of sp³-hybridized carbons (Fsp3) is 0.625. The third-order valence-electron chi connectivity index (χ3n) is 6.56. The van der Waals surface area contributed by atoms with E-state index >= 15 is 0 Å². The van der Waals surface area contributed by atoms with E-state index in [0.29, 0.717) is 29.6 Å². The first-order valence-electron chi connectivity index (χ1n) is 12.2. The molecule has 0 spiro atoms. The quantitative estimate of drug-likeness (QED) is 0.470. The van der Waals surface area contributed by atoms with Crippen molar-refractivity contribution in [2.75, 3.05) is 30.8 Å². The first-order chi connectivity index (χ1) is 16.1. The molecule has 0 amide bonds. The van der Waals surface area contributed by atoms with Gasteiger partial charge in [0.25, 0.3) is 0 Å². The summed E-state index contributed by atoms with van der Waals surface area (Å²) in [7, 11) is 1.43. The van der Waals surface area contributed by atoms with Crippen molar-refractivity contribution < 1.29 is 13.9 Å². The molecule has 2 unspecified atom stereocenters. The molecule has 4 rings (SSSR count). The second kappa shape index (κ2) is 11.4. The van der Waals surface area contributed by atoms with Gasteiger partial charge in [-0.3, -0.25) is 0 Å². The Balaban J connectivity index is 1.52. The number of benzene rings is 1. The van der Waals surface area contributed by atoms with Gasteiger partial charge in [-0.15, -0.1) is 0 Å². The molecule has 3 N–H and O–H groups in total. The average Bonchev–Trinajstić information content (AvgIpc) is 3.37. The van der Waals surface area contributed by atoms with Crippen LogP contribution in [0.4, 0.5) is 16.3 Å². The molecule has 2 atom stereocenters. The molecule has 2 aromatic rings. The van der Waals surface area contributed by atoms with Gasteiger partial charge in [-0.2, -0.15) is 15.0 Å². The number of halogens is 1. The van der Waals surface area contributed by atoms with E-state index in [1.807, 2.05) is 0 Å². The maximum absolute atomic E-state index is 14.1. The monoisotopic (exact) mass is 458 g/mol. The van der Waals surface area contributed by atoms with Gasteiger partial charge in [0.05, 0.1) is 7.11 Å².